The van der Waals surface area contributed by atoms with Gasteiger partial charge in [0.2, 0.25) is 0 Å². The summed E-state index contributed by atoms with van der Waals surface area (Å²) in [6, 6.07) is 0. The Hall–Kier alpha value is -1.16. The van der Waals surface area contributed by atoms with E-state index in [4.69, 9.17) is 5.73 Å². The minimum atomic E-state index is -0.529. The second-order valence-corrected chi connectivity index (χ2v) is 3.91. The van der Waals surface area contributed by atoms with Crippen molar-refractivity contribution in [2.45, 2.75) is 13.8 Å². The quantitative estimate of drug-likeness (QED) is 0.702. The predicted octanol–water partition coefficient (Wildman–Crippen LogP) is 1.28. The van der Waals surface area contributed by atoms with E-state index in [9.17, 15) is 9.59 Å². The minimum absolute atomic E-state index is 0.368. The van der Waals surface area contributed by atoms with Crippen molar-refractivity contribution in [3.63, 3.8) is 0 Å². The average molecular weight is 183 g/mol. The van der Waals surface area contributed by atoms with E-state index < -0.39 is 5.91 Å². The molecule has 0 aliphatic carbocycles. The second kappa shape index (κ2) is 3.06. The van der Waals surface area contributed by atoms with Gasteiger partial charge in [0.05, 0.1) is 5.56 Å². The van der Waals surface area contributed by atoms with Gasteiger partial charge in [0.1, 0.15) is 0 Å². The van der Waals surface area contributed by atoms with Gasteiger partial charge in [-0.3, -0.25) is 9.59 Å². The molecular formula is C8H9NO2S. The van der Waals surface area contributed by atoms with Crippen LogP contribution in [-0.4, -0.2) is 12.2 Å². The molecule has 0 fully saturated rings. The highest BCUT2D eigenvalue weighted by atomic mass is 32.1. The number of hydrogen-bond acceptors (Lipinski definition) is 3. The van der Waals surface area contributed by atoms with Crippen molar-refractivity contribution in [1.29, 1.82) is 0 Å². The average Bonchev–Trinajstić information content (AvgIpc) is 2.24. The van der Waals surface area contributed by atoms with Crippen LogP contribution >= 0.6 is 11.3 Å². The highest BCUT2D eigenvalue weighted by molar-refractivity contribution is 7.12. The number of aryl methyl sites for hydroxylation is 2. The Morgan fingerprint density at radius 3 is 2.33 bits per heavy atom. The molecule has 12 heavy (non-hydrogen) atoms. The van der Waals surface area contributed by atoms with Crippen LogP contribution in [-0.2, 0) is 0 Å². The van der Waals surface area contributed by atoms with E-state index in [0.29, 0.717) is 17.4 Å². The smallest absolute Gasteiger partial charge is 0.250 e. The van der Waals surface area contributed by atoms with Crippen molar-refractivity contribution in [3.05, 3.63) is 20.9 Å². The maximum absolute atomic E-state index is 10.9. The van der Waals surface area contributed by atoms with E-state index in [1.165, 1.54) is 11.3 Å². The third-order valence-electron chi connectivity index (χ3n) is 1.67. The molecule has 2 N–H and O–H groups in total. The predicted molar refractivity (Wildman–Crippen MR) is 47.7 cm³/mol. The lowest BCUT2D eigenvalue weighted by molar-refractivity contribution is 0.0993. The molecule has 0 unspecified atom stereocenters. The van der Waals surface area contributed by atoms with Gasteiger partial charge in [0.25, 0.3) is 5.91 Å². The first-order valence-corrected chi connectivity index (χ1v) is 4.24. The van der Waals surface area contributed by atoms with Crippen molar-refractivity contribution < 1.29 is 9.59 Å². The van der Waals surface area contributed by atoms with Gasteiger partial charge in [-0.2, -0.15) is 0 Å². The summed E-state index contributed by atoms with van der Waals surface area (Å²) < 4.78 is 0. The van der Waals surface area contributed by atoms with Gasteiger partial charge in [0.15, 0.2) is 6.29 Å². The molecule has 1 amide bonds. The minimum Gasteiger partial charge on any atom is -0.366 e. The van der Waals surface area contributed by atoms with Crippen LogP contribution in [0.4, 0.5) is 0 Å². The lowest BCUT2D eigenvalue weighted by Crippen LogP contribution is -2.13. The van der Waals surface area contributed by atoms with Crippen LogP contribution in [0.1, 0.15) is 30.5 Å². The van der Waals surface area contributed by atoms with E-state index in [-0.39, 0.29) is 0 Å². The summed E-state index contributed by atoms with van der Waals surface area (Å²) in [5.74, 6) is -0.529. The summed E-state index contributed by atoms with van der Waals surface area (Å²) in [5.41, 5.74) is 5.92. The van der Waals surface area contributed by atoms with Gasteiger partial charge in [0, 0.05) is 15.3 Å². The van der Waals surface area contributed by atoms with Gasteiger partial charge >= 0.3 is 0 Å². The molecule has 0 aliphatic rings. The molecule has 4 heteroatoms. The van der Waals surface area contributed by atoms with Crippen LogP contribution < -0.4 is 5.73 Å². The number of carbonyl (C=O) groups is 2. The van der Waals surface area contributed by atoms with E-state index >= 15 is 0 Å². The molecule has 0 radical (unpaired) electrons. The molecule has 3 nitrogen and oxygen atoms in total. The zero-order chi connectivity index (χ0) is 9.30. The number of nitrogens with two attached hydrogens (primary N) is 1. The molecule has 1 rings (SSSR count). The maximum atomic E-state index is 10.9. The topological polar surface area (TPSA) is 60.2 Å². The summed E-state index contributed by atoms with van der Waals surface area (Å²) >= 11 is 1.42. The molecule has 64 valence electrons. The Labute approximate surface area is 74.2 Å². The normalized spacial score (nSPS) is 9.83. The van der Waals surface area contributed by atoms with Crippen molar-refractivity contribution in [2.75, 3.05) is 0 Å². The molecule has 1 aromatic heterocycles. The fourth-order valence-corrected chi connectivity index (χ4v) is 2.18. The van der Waals surface area contributed by atoms with Gasteiger partial charge in [-0.25, -0.2) is 0 Å². The summed E-state index contributed by atoms with van der Waals surface area (Å²) in [6.07, 6.45) is 0.679. The number of amides is 1. The van der Waals surface area contributed by atoms with Crippen LogP contribution in [0.15, 0.2) is 0 Å². The molecule has 1 heterocycles. The monoisotopic (exact) mass is 183 g/mol. The molecule has 0 atom stereocenters. The largest absolute Gasteiger partial charge is 0.366 e. The number of carbonyl (C=O) groups excluding carboxylic acids is 2. The van der Waals surface area contributed by atoms with Crippen LogP contribution in [0.2, 0.25) is 0 Å². The molecule has 0 bridgehead atoms. The Balaban J connectivity index is 3.42. The third-order valence-corrected chi connectivity index (χ3v) is 2.71. The summed E-state index contributed by atoms with van der Waals surface area (Å²) in [5, 5.41) is 0. The molecule has 0 spiro atoms. The number of hydrogen-bond donors (Lipinski definition) is 1. The number of aldehydes is 1. The zero-order valence-electron chi connectivity index (χ0n) is 6.88. The van der Waals surface area contributed by atoms with E-state index in [1.54, 1.807) is 13.8 Å². The lowest BCUT2D eigenvalue weighted by atomic mass is 10.1. The standard InChI is InChI=1S/C8H9NO2S/c1-4-6(3-10)7(8(9)11)5(2)12-4/h3H,1-2H3,(H2,9,11). The van der Waals surface area contributed by atoms with Crippen molar-refractivity contribution >= 4 is 23.5 Å². The highest BCUT2D eigenvalue weighted by Gasteiger charge is 2.16. The SMILES string of the molecule is Cc1sc(C)c(C(N)=O)c1C=O. The maximum Gasteiger partial charge on any atom is 0.250 e. The fraction of sp³-hybridized carbons (Fsp3) is 0.250. The third kappa shape index (κ3) is 1.25. The van der Waals surface area contributed by atoms with E-state index in [0.717, 1.165) is 9.75 Å². The summed E-state index contributed by atoms with van der Waals surface area (Å²) in [7, 11) is 0. The van der Waals surface area contributed by atoms with Crippen molar-refractivity contribution in [2.24, 2.45) is 5.73 Å². The molecule has 0 saturated carbocycles. The fourth-order valence-electron chi connectivity index (χ4n) is 1.15. The van der Waals surface area contributed by atoms with E-state index in [1.807, 2.05) is 0 Å². The van der Waals surface area contributed by atoms with Gasteiger partial charge < -0.3 is 5.73 Å². The first kappa shape index (κ1) is 8.93. The van der Waals surface area contributed by atoms with Crippen LogP contribution in [0, 0.1) is 13.8 Å². The lowest BCUT2D eigenvalue weighted by Gasteiger charge is -1.93. The molecule has 1 aromatic rings. The Morgan fingerprint density at radius 1 is 1.42 bits per heavy atom. The molecular weight excluding hydrogens is 174 g/mol. The molecule has 0 saturated heterocycles. The second-order valence-electron chi connectivity index (χ2n) is 2.49. The van der Waals surface area contributed by atoms with Gasteiger partial charge in [-0.15, -0.1) is 11.3 Å². The number of primary amides is 1. The van der Waals surface area contributed by atoms with Crippen LogP contribution in [0.5, 0.6) is 0 Å². The Morgan fingerprint density at radius 2 is 2.00 bits per heavy atom. The Bertz CT molecular complexity index is 341. The molecule has 0 aromatic carbocycles. The van der Waals surface area contributed by atoms with Gasteiger partial charge in [-0.1, -0.05) is 0 Å². The Kier molecular flexibility index (Phi) is 2.28. The summed E-state index contributed by atoms with van der Waals surface area (Å²) in [4.78, 5) is 23.1. The van der Waals surface area contributed by atoms with Crippen molar-refractivity contribution in [3.8, 4) is 0 Å². The number of rotatable bonds is 2. The number of thiophene rings is 1. The zero-order valence-corrected chi connectivity index (χ0v) is 7.70. The van der Waals surface area contributed by atoms with Crippen LogP contribution in [0.25, 0.3) is 0 Å². The van der Waals surface area contributed by atoms with Gasteiger partial charge in [-0.05, 0) is 13.8 Å². The van der Waals surface area contributed by atoms with E-state index in [2.05, 4.69) is 0 Å². The van der Waals surface area contributed by atoms with Crippen LogP contribution in [0.3, 0.4) is 0 Å². The first-order valence-electron chi connectivity index (χ1n) is 3.43. The first-order chi connectivity index (χ1) is 5.57. The molecule has 0 aliphatic heterocycles. The highest BCUT2D eigenvalue weighted by Crippen LogP contribution is 2.25. The summed E-state index contributed by atoms with van der Waals surface area (Å²) in [6.45, 7) is 3.58. The van der Waals surface area contributed by atoms with Crippen molar-refractivity contribution in [1.82, 2.24) is 0 Å².